The van der Waals surface area contributed by atoms with Crippen LogP contribution in [0.25, 0.3) is 0 Å². The molecule has 1 aromatic carbocycles. The summed E-state index contributed by atoms with van der Waals surface area (Å²) in [4.78, 5) is 0. The van der Waals surface area contributed by atoms with E-state index in [0.29, 0.717) is 21.0 Å². The van der Waals surface area contributed by atoms with Crippen molar-refractivity contribution in [3.05, 3.63) is 44.7 Å². The van der Waals surface area contributed by atoms with Crippen LogP contribution in [0.3, 0.4) is 0 Å². The van der Waals surface area contributed by atoms with Crippen LogP contribution in [0.4, 0.5) is 5.69 Å². The summed E-state index contributed by atoms with van der Waals surface area (Å²) in [6, 6.07) is 8.74. The molecule has 0 saturated heterocycles. The van der Waals surface area contributed by atoms with E-state index in [1.807, 2.05) is 19.1 Å². The van der Waals surface area contributed by atoms with E-state index in [-0.39, 0.29) is 4.21 Å². The van der Waals surface area contributed by atoms with E-state index in [1.165, 1.54) is 6.07 Å². The second-order valence-electron chi connectivity index (χ2n) is 4.23. The van der Waals surface area contributed by atoms with Crippen molar-refractivity contribution in [2.45, 2.75) is 17.7 Å². The fourth-order valence-corrected chi connectivity index (χ4v) is 5.19. The van der Waals surface area contributed by atoms with Crippen LogP contribution < -0.4 is 10.0 Å². The van der Waals surface area contributed by atoms with Gasteiger partial charge < -0.3 is 5.32 Å². The van der Waals surface area contributed by atoms with Crippen molar-refractivity contribution in [1.82, 2.24) is 5.32 Å². The SMILES string of the molecule is CCNCc1ccccc1NS(=O)(=O)c1cc(Cl)c(Br)s1. The number of thiophene rings is 1. The van der Waals surface area contributed by atoms with E-state index in [2.05, 4.69) is 26.0 Å². The largest absolute Gasteiger partial charge is 0.313 e. The summed E-state index contributed by atoms with van der Waals surface area (Å²) in [6.45, 7) is 3.41. The first-order valence-corrected chi connectivity index (χ1v) is 9.67. The van der Waals surface area contributed by atoms with Crippen LogP contribution in [0.5, 0.6) is 0 Å². The Morgan fingerprint density at radius 2 is 2.05 bits per heavy atom. The molecule has 0 aliphatic carbocycles. The number of anilines is 1. The van der Waals surface area contributed by atoms with Gasteiger partial charge in [-0.1, -0.05) is 36.7 Å². The smallest absolute Gasteiger partial charge is 0.271 e. The van der Waals surface area contributed by atoms with Gasteiger partial charge in [-0.05, 0) is 40.2 Å². The average Bonchev–Trinajstić information content (AvgIpc) is 2.78. The summed E-state index contributed by atoms with van der Waals surface area (Å²) in [5.74, 6) is 0. The van der Waals surface area contributed by atoms with Gasteiger partial charge in [-0.2, -0.15) is 0 Å². The van der Waals surface area contributed by atoms with Crippen LogP contribution in [0.15, 0.2) is 38.3 Å². The molecule has 2 N–H and O–H groups in total. The minimum absolute atomic E-state index is 0.178. The van der Waals surface area contributed by atoms with E-state index in [1.54, 1.807) is 12.1 Å². The van der Waals surface area contributed by atoms with Crippen LogP contribution in [0.1, 0.15) is 12.5 Å². The van der Waals surface area contributed by atoms with E-state index in [4.69, 9.17) is 11.6 Å². The van der Waals surface area contributed by atoms with E-state index in [0.717, 1.165) is 23.4 Å². The van der Waals surface area contributed by atoms with Gasteiger partial charge in [0.05, 0.1) is 14.5 Å². The van der Waals surface area contributed by atoms with Crippen molar-refractivity contribution in [2.24, 2.45) is 0 Å². The normalized spacial score (nSPS) is 11.6. The maximum absolute atomic E-state index is 12.4. The molecule has 1 heterocycles. The number of nitrogens with one attached hydrogen (secondary N) is 2. The molecule has 1 aromatic heterocycles. The molecule has 21 heavy (non-hydrogen) atoms. The molecule has 0 radical (unpaired) electrons. The third kappa shape index (κ3) is 4.20. The van der Waals surface area contributed by atoms with Gasteiger partial charge in [0.25, 0.3) is 10.0 Å². The zero-order valence-corrected chi connectivity index (χ0v) is 15.2. The van der Waals surface area contributed by atoms with Gasteiger partial charge in [0, 0.05) is 6.54 Å². The summed E-state index contributed by atoms with van der Waals surface area (Å²) in [7, 11) is -3.64. The van der Waals surface area contributed by atoms with Crippen molar-refractivity contribution in [3.8, 4) is 0 Å². The van der Waals surface area contributed by atoms with Crippen molar-refractivity contribution in [2.75, 3.05) is 11.3 Å². The first-order valence-electron chi connectivity index (χ1n) is 6.20. The van der Waals surface area contributed by atoms with Gasteiger partial charge in [-0.15, -0.1) is 11.3 Å². The molecular weight excluding hydrogens is 396 g/mol. The third-order valence-corrected chi connectivity index (χ3v) is 7.03. The summed E-state index contributed by atoms with van der Waals surface area (Å²) in [5.41, 5.74) is 1.46. The zero-order chi connectivity index (χ0) is 15.5. The molecule has 4 nitrogen and oxygen atoms in total. The van der Waals surface area contributed by atoms with E-state index >= 15 is 0 Å². The summed E-state index contributed by atoms with van der Waals surface area (Å²) >= 11 is 10.2. The fourth-order valence-electron chi connectivity index (χ4n) is 1.69. The average molecular weight is 410 g/mol. The minimum Gasteiger partial charge on any atom is -0.313 e. The van der Waals surface area contributed by atoms with Crippen molar-refractivity contribution < 1.29 is 8.42 Å². The number of para-hydroxylation sites is 1. The van der Waals surface area contributed by atoms with Crippen molar-refractivity contribution in [3.63, 3.8) is 0 Å². The summed E-state index contributed by atoms with van der Waals surface area (Å²) in [5, 5.41) is 3.57. The second kappa shape index (κ2) is 7.11. The number of rotatable bonds is 6. The lowest BCUT2D eigenvalue weighted by Crippen LogP contribution is -2.16. The van der Waals surface area contributed by atoms with Gasteiger partial charge >= 0.3 is 0 Å². The predicted octanol–water partition coefficient (Wildman–Crippen LogP) is 4.07. The molecule has 0 unspecified atom stereocenters. The van der Waals surface area contributed by atoms with E-state index < -0.39 is 10.0 Å². The van der Waals surface area contributed by atoms with Gasteiger partial charge in [0.1, 0.15) is 4.21 Å². The molecule has 2 aromatic rings. The molecule has 0 amide bonds. The van der Waals surface area contributed by atoms with E-state index in [9.17, 15) is 8.42 Å². The van der Waals surface area contributed by atoms with Gasteiger partial charge in [0.15, 0.2) is 0 Å². The summed E-state index contributed by atoms with van der Waals surface area (Å²) in [6.07, 6.45) is 0. The molecule has 0 fully saturated rings. The molecule has 0 saturated carbocycles. The Balaban J connectivity index is 2.28. The number of sulfonamides is 1. The van der Waals surface area contributed by atoms with Crippen LogP contribution in [-0.2, 0) is 16.6 Å². The van der Waals surface area contributed by atoms with Crippen molar-refractivity contribution >= 4 is 54.6 Å². The quantitative estimate of drug-likeness (QED) is 0.756. The number of hydrogen-bond donors (Lipinski definition) is 2. The predicted molar refractivity (Wildman–Crippen MR) is 91.7 cm³/mol. The number of halogens is 2. The molecule has 114 valence electrons. The highest BCUT2D eigenvalue weighted by Crippen LogP contribution is 2.35. The minimum atomic E-state index is -3.64. The highest BCUT2D eigenvalue weighted by molar-refractivity contribution is 9.11. The maximum Gasteiger partial charge on any atom is 0.271 e. The first kappa shape index (κ1) is 16.8. The molecule has 8 heteroatoms. The van der Waals surface area contributed by atoms with Gasteiger partial charge in [-0.3, -0.25) is 4.72 Å². The van der Waals surface area contributed by atoms with Crippen LogP contribution >= 0.6 is 38.9 Å². The molecule has 0 spiro atoms. The maximum atomic E-state index is 12.4. The van der Waals surface area contributed by atoms with Crippen molar-refractivity contribution in [1.29, 1.82) is 0 Å². The highest BCUT2D eigenvalue weighted by Gasteiger charge is 2.20. The Kier molecular flexibility index (Phi) is 5.67. The first-order chi connectivity index (χ1) is 9.94. The Hall–Kier alpha value is -0.600. The Morgan fingerprint density at radius 3 is 2.67 bits per heavy atom. The molecule has 0 atom stereocenters. The monoisotopic (exact) mass is 408 g/mol. The van der Waals surface area contributed by atoms with Crippen LogP contribution in [0.2, 0.25) is 5.02 Å². The fraction of sp³-hybridized carbons (Fsp3) is 0.231. The number of benzene rings is 1. The van der Waals surface area contributed by atoms with Crippen LogP contribution in [0, 0.1) is 0 Å². The molecule has 2 rings (SSSR count). The van der Waals surface area contributed by atoms with Gasteiger partial charge in [0.2, 0.25) is 0 Å². The molecule has 0 aliphatic rings. The Labute approximate surface area is 141 Å². The van der Waals surface area contributed by atoms with Crippen LogP contribution in [-0.4, -0.2) is 15.0 Å². The second-order valence-corrected chi connectivity index (χ2v) is 8.92. The lowest BCUT2D eigenvalue weighted by Gasteiger charge is -2.11. The molecule has 0 aliphatic heterocycles. The topological polar surface area (TPSA) is 58.2 Å². The third-order valence-electron chi connectivity index (χ3n) is 2.71. The lowest BCUT2D eigenvalue weighted by molar-refractivity contribution is 0.603. The summed E-state index contributed by atoms with van der Waals surface area (Å²) < 4.78 is 28.2. The Bertz CT molecular complexity index is 712. The highest BCUT2D eigenvalue weighted by atomic mass is 79.9. The standard InChI is InChI=1S/C13H14BrClN2O2S2/c1-2-16-8-9-5-3-4-6-11(9)17-21(18,19)12-7-10(15)13(14)20-12/h3-7,16-17H,2,8H2,1H3. The zero-order valence-electron chi connectivity index (χ0n) is 11.2. The Morgan fingerprint density at radius 1 is 1.33 bits per heavy atom. The van der Waals surface area contributed by atoms with Gasteiger partial charge in [-0.25, -0.2) is 8.42 Å². The molecule has 0 bridgehead atoms. The number of hydrogen-bond acceptors (Lipinski definition) is 4. The molecular formula is C13H14BrClN2O2S2. The lowest BCUT2D eigenvalue weighted by atomic mass is 10.2.